The summed E-state index contributed by atoms with van der Waals surface area (Å²) in [5.74, 6) is 0. The molecule has 4 aromatic carbocycles. The van der Waals surface area contributed by atoms with Crippen LogP contribution in [0, 0.1) is 13.8 Å². The minimum Gasteiger partial charge on any atom is -0.231 e. The first-order chi connectivity index (χ1) is 17.6. The Hall–Kier alpha value is -3.59. The van der Waals surface area contributed by atoms with Crippen molar-refractivity contribution in [2.24, 2.45) is 0 Å². The molecule has 6 rings (SSSR count). The molecule has 37 heavy (non-hydrogen) atoms. The summed E-state index contributed by atoms with van der Waals surface area (Å²) < 4.78 is 58.9. The van der Waals surface area contributed by atoms with Crippen LogP contribution >= 0.6 is 11.6 Å². The Balaban J connectivity index is 1.83. The lowest BCUT2D eigenvalue weighted by Crippen LogP contribution is -2.13. The summed E-state index contributed by atoms with van der Waals surface area (Å²) >= 11 is 6.36. The number of aromatic nitrogens is 2. The highest BCUT2D eigenvalue weighted by Crippen LogP contribution is 2.41. The smallest absolute Gasteiger partial charge is 0.231 e. The number of hydrogen-bond acceptors (Lipinski definition) is 4. The van der Waals surface area contributed by atoms with E-state index in [4.69, 9.17) is 11.6 Å². The first-order valence-electron chi connectivity index (χ1n) is 11.5. The quantitative estimate of drug-likeness (QED) is 0.252. The number of benzene rings is 4. The molecule has 0 fully saturated rings. The predicted octanol–water partition coefficient (Wildman–Crippen LogP) is 6.49. The van der Waals surface area contributed by atoms with Gasteiger partial charge in [0.1, 0.15) is 0 Å². The van der Waals surface area contributed by atoms with Crippen LogP contribution in [-0.2, 0) is 20.0 Å². The molecule has 0 saturated heterocycles. The van der Waals surface area contributed by atoms with Crippen molar-refractivity contribution >= 4 is 64.5 Å². The van der Waals surface area contributed by atoms with E-state index in [0.29, 0.717) is 26.8 Å². The molecule has 6 aromatic rings. The number of nitrogens with zero attached hydrogens (tertiary/aromatic N) is 2. The second-order valence-electron chi connectivity index (χ2n) is 9.04. The average molecular weight is 549 g/mol. The number of rotatable bonds is 4. The van der Waals surface area contributed by atoms with Crippen molar-refractivity contribution in [1.29, 1.82) is 0 Å². The summed E-state index contributed by atoms with van der Waals surface area (Å²) in [6.45, 7) is 3.76. The lowest BCUT2D eigenvalue weighted by atomic mass is 10.2. The number of fused-ring (bicyclic) bond motifs is 5. The Morgan fingerprint density at radius 3 is 1.57 bits per heavy atom. The Labute approximate surface area is 219 Å². The van der Waals surface area contributed by atoms with Gasteiger partial charge in [0.15, 0.2) is 0 Å². The summed E-state index contributed by atoms with van der Waals surface area (Å²) in [6, 6.07) is 24.9. The number of halogens is 1. The van der Waals surface area contributed by atoms with Crippen LogP contribution in [0.3, 0.4) is 0 Å². The molecule has 0 radical (unpaired) electrons. The molecule has 0 spiro atoms. The van der Waals surface area contributed by atoms with Crippen LogP contribution in [0.15, 0.2) is 101 Å². The van der Waals surface area contributed by atoms with E-state index in [0.717, 1.165) is 11.1 Å². The first kappa shape index (κ1) is 23.8. The SMILES string of the molecule is Cc1ccc(S(=O)(=O)n2c3ccc(Cl)cc3c3c2c2ccccc2n3S(=O)(=O)c2ccc(C)cc2)cc1. The molecule has 6 nitrogen and oxygen atoms in total. The maximum absolute atomic E-state index is 14.1. The van der Waals surface area contributed by atoms with Gasteiger partial charge in [-0.05, 0) is 62.4 Å². The number of para-hydroxylation sites is 1. The molecule has 186 valence electrons. The van der Waals surface area contributed by atoms with Crippen molar-refractivity contribution in [3.63, 3.8) is 0 Å². The van der Waals surface area contributed by atoms with Crippen molar-refractivity contribution in [2.45, 2.75) is 23.6 Å². The van der Waals surface area contributed by atoms with Crippen molar-refractivity contribution in [1.82, 2.24) is 7.94 Å². The molecule has 2 aromatic heterocycles. The van der Waals surface area contributed by atoms with Crippen LogP contribution in [0.1, 0.15) is 11.1 Å². The van der Waals surface area contributed by atoms with Crippen LogP contribution in [0.25, 0.3) is 32.8 Å². The van der Waals surface area contributed by atoms with Gasteiger partial charge in [-0.2, -0.15) is 0 Å². The molecule has 0 atom stereocenters. The summed E-state index contributed by atoms with van der Waals surface area (Å²) in [7, 11) is -8.21. The predicted molar refractivity (Wildman–Crippen MR) is 147 cm³/mol. The molecular formula is C28H21ClN2O4S2. The molecule has 0 saturated carbocycles. The molecule has 0 amide bonds. The van der Waals surface area contributed by atoms with Crippen molar-refractivity contribution in [3.05, 3.63) is 107 Å². The van der Waals surface area contributed by atoms with E-state index < -0.39 is 20.0 Å². The van der Waals surface area contributed by atoms with Gasteiger partial charge in [-0.25, -0.2) is 24.8 Å². The summed E-state index contributed by atoms with van der Waals surface area (Å²) in [5.41, 5.74) is 3.11. The standard InChI is InChI=1S/C28H21ClN2O4S2/c1-18-7-12-21(13-8-18)36(32,33)30-25-6-4-3-5-23(25)27-28(30)24-17-20(29)11-16-26(24)31(27)37(34,35)22-14-9-19(2)10-15-22/h3-17H,1-2H3. The number of hydrogen-bond donors (Lipinski definition) is 0. The second kappa shape index (κ2) is 8.21. The second-order valence-corrected chi connectivity index (χ2v) is 13.1. The maximum Gasteiger partial charge on any atom is 0.268 e. The number of aryl methyl sites for hydroxylation is 2. The van der Waals surface area contributed by atoms with E-state index in [1.807, 2.05) is 13.8 Å². The fourth-order valence-electron chi connectivity index (χ4n) is 4.76. The Morgan fingerprint density at radius 2 is 1.03 bits per heavy atom. The molecule has 0 N–H and O–H groups in total. The highest BCUT2D eigenvalue weighted by Gasteiger charge is 2.32. The topological polar surface area (TPSA) is 78.1 Å². The molecule has 2 heterocycles. The van der Waals surface area contributed by atoms with E-state index in [9.17, 15) is 16.8 Å². The molecule has 9 heteroatoms. The zero-order valence-electron chi connectivity index (χ0n) is 19.9. The molecule has 0 bridgehead atoms. The Morgan fingerprint density at radius 1 is 0.568 bits per heavy atom. The van der Waals surface area contributed by atoms with E-state index in [2.05, 4.69) is 0 Å². The van der Waals surface area contributed by atoms with Crippen LogP contribution in [0.4, 0.5) is 0 Å². The highest BCUT2D eigenvalue weighted by molar-refractivity contribution is 7.91. The molecule has 0 aliphatic rings. The van der Waals surface area contributed by atoms with Gasteiger partial charge in [0.05, 0.1) is 31.9 Å². The van der Waals surface area contributed by atoms with Gasteiger partial charge in [0, 0.05) is 15.8 Å². The van der Waals surface area contributed by atoms with Crippen molar-refractivity contribution < 1.29 is 16.8 Å². The van der Waals surface area contributed by atoms with E-state index in [1.54, 1.807) is 91.0 Å². The zero-order chi connectivity index (χ0) is 26.1. The van der Waals surface area contributed by atoms with Gasteiger partial charge >= 0.3 is 0 Å². The average Bonchev–Trinajstić information content (AvgIpc) is 3.37. The minimum absolute atomic E-state index is 0.102. The summed E-state index contributed by atoms with van der Waals surface area (Å²) in [6.07, 6.45) is 0. The van der Waals surface area contributed by atoms with E-state index in [1.165, 1.54) is 7.94 Å². The maximum atomic E-state index is 14.1. The third kappa shape index (κ3) is 3.51. The molecule has 0 aliphatic heterocycles. The lowest BCUT2D eigenvalue weighted by Gasteiger charge is -2.10. The monoisotopic (exact) mass is 548 g/mol. The third-order valence-corrected chi connectivity index (χ3v) is 10.3. The van der Waals surface area contributed by atoms with E-state index in [-0.39, 0.29) is 20.8 Å². The molecule has 0 aliphatic carbocycles. The molecular weight excluding hydrogens is 528 g/mol. The normalized spacial score (nSPS) is 12.6. The van der Waals surface area contributed by atoms with Gasteiger partial charge in [0.2, 0.25) is 0 Å². The van der Waals surface area contributed by atoms with Gasteiger partial charge in [0.25, 0.3) is 20.0 Å². The Bertz CT molecular complexity index is 2000. The summed E-state index contributed by atoms with van der Waals surface area (Å²) in [5, 5.41) is 1.28. The fraction of sp³-hybridized carbons (Fsp3) is 0.0714. The highest BCUT2D eigenvalue weighted by atomic mass is 35.5. The fourth-order valence-corrected chi connectivity index (χ4v) is 8.00. The van der Waals surface area contributed by atoms with Crippen LogP contribution in [0.5, 0.6) is 0 Å². The largest absolute Gasteiger partial charge is 0.268 e. The summed E-state index contributed by atoms with van der Waals surface area (Å²) in [4.78, 5) is 0.204. The third-order valence-electron chi connectivity index (χ3n) is 6.56. The van der Waals surface area contributed by atoms with Crippen LogP contribution < -0.4 is 0 Å². The van der Waals surface area contributed by atoms with Gasteiger partial charge in [-0.1, -0.05) is 65.2 Å². The molecule has 0 unspecified atom stereocenters. The Kier molecular flexibility index (Phi) is 5.28. The zero-order valence-corrected chi connectivity index (χ0v) is 22.3. The van der Waals surface area contributed by atoms with Gasteiger partial charge in [-0.15, -0.1) is 0 Å². The lowest BCUT2D eigenvalue weighted by molar-refractivity contribution is 0.588. The van der Waals surface area contributed by atoms with Crippen LogP contribution in [0.2, 0.25) is 5.02 Å². The minimum atomic E-state index is -4.11. The van der Waals surface area contributed by atoms with Crippen molar-refractivity contribution in [2.75, 3.05) is 0 Å². The first-order valence-corrected chi connectivity index (χ1v) is 14.7. The van der Waals surface area contributed by atoms with E-state index >= 15 is 0 Å². The van der Waals surface area contributed by atoms with Gasteiger partial charge < -0.3 is 0 Å². The van der Waals surface area contributed by atoms with Crippen LogP contribution in [-0.4, -0.2) is 24.8 Å². The van der Waals surface area contributed by atoms with Crippen molar-refractivity contribution in [3.8, 4) is 0 Å². The van der Waals surface area contributed by atoms with Gasteiger partial charge in [-0.3, -0.25) is 0 Å².